The van der Waals surface area contributed by atoms with E-state index in [-0.39, 0.29) is 30.3 Å². The van der Waals surface area contributed by atoms with Gasteiger partial charge in [-0.3, -0.25) is 9.59 Å². The van der Waals surface area contributed by atoms with E-state index >= 15 is 0 Å². The molecule has 5 rings (SSSR count). The van der Waals surface area contributed by atoms with E-state index in [1.54, 1.807) is 0 Å². The van der Waals surface area contributed by atoms with Gasteiger partial charge in [0.25, 0.3) is 5.91 Å². The van der Waals surface area contributed by atoms with Crippen molar-refractivity contribution in [1.29, 1.82) is 0 Å². The quantitative estimate of drug-likeness (QED) is 0.681. The van der Waals surface area contributed by atoms with Crippen molar-refractivity contribution in [3.8, 4) is 0 Å². The zero-order chi connectivity index (χ0) is 20.0. The lowest BCUT2D eigenvalue weighted by Crippen LogP contribution is -2.57. The van der Waals surface area contributed by atoms with E-state index in [4.69, 9.17) is 4.42 Å². The molecule has 1 N–H and O–H groups in total. The molecule has 0 spiro atoms. The van der Waals surface area contributed by atoms with E-state index in [0.29, 0.717) is 31.9 Å². The highest BCUT2D eigenvalue weighted by Crippen LogP contribution is 2.32. The summed E-state index contributed by atoms with van der Waals surface area (Å²) in [4.78, 5) is 29.4. The van der Waals surface area contributed by atoms with Gasteiger partial charge in [0.1, 0.15) is 5.58 Å². The number of halogens is 1. The van der Waals surface area contributed by atoms with E-state index in [0.717, 1.165) is 46.7 Å². The summed E-state index contributed by atoms with van der Waals surface area (Å²) < 4.78 is 6.15. The SMILES string of the molecule is Cc1c(C(=O)N2CCCC(N3CCNCC3=O)C2)oc2c1ccc1ccccc12.Cl. The molecule has 6 nitrogen and oxygen atoms in total. The van der Waals surface area contributed by atoms with Crippen LogP contribution in [-0.4, -0.2) is 60.4 Å². The van der Waals surface area contributed by atoms with Gasteiger partial charge in [0.15, 0.2) is 5.76 Å². The Bertz CT molecular complexity index is 1110. The molecule has 0 radical (unpaired) electrons. The molecule has 1 unspecified atom stereocenters. The van der Waals surface area contributed by atoms with Gasteiger partial charge in [-0.2, -0.15) is 0 Å². The molecule has 2 aliphatic rings. The van der Waals surface area contributed by atoms with Crippen LogP contribution in [0.4, 0.5) is 0 Å². The molecule has 3 aromatic rings. The van der Waals surface area contributed by atoms with Gasteiger partial charge in [-0.1, -0.05) is 36.4 Å². The number of piperidine rings is 1. The lowest BCUT2D eigenvalue weighted by Gasteiger charge is -2.40. The van der Waals surface area contributed by atoms with Gasteiger partial charge in [-0.15, -0.1) is 12.4 Å². The molecule has 2 aliphatic heterocycles. The minimum Gasteiger partial charge on any atom is -0.450 e. The van der Waals surface area contributed by atoms with Gasteiger partial charge >= 0.3 is 0 Å². The summed E-state index contributed by atoms with van der Waals surface area (Å²) in [6.07, 6.45) is 1.84. The number of carbonyl (C=O) groups is 2. The molecule has 7 heteroatoms. The zero-order valence-corrected chi connectivity index (χ0v) is 17.8. The Morgan fingerprint density at radius 3 is 2.80 bits per heavy atom. The van der Waals surface area contributed by atoms with Crippen LogP contribution in [-0.2, 0) is 4.79 Å². The Kier molecular flexibility index (Phi) is 5.71. The van der Waals surface area contributed by atoms with Gasteiger partial charge in [-0.25, -0.2) is 0 Å². The number of amides is 2. The third-order valence-corrected chi connectivity index (χ3v) is 6.27. The first-order valence-electron chi connectivity index (χ1n) is 10.3. The molecule has 3 heterocycles. The van der Waals surface area contributed by atoms with Gasteiger partial charge in [0.2, 0.25) is 5.91 Å². The molecule has 1 atom stereocenters. The highest BCUT2D eigenvalue weighted by Gasteiger charge is 2.33. The number of likely N-dealkylation sites (tertiary alicyclic amines) is 1. The molecule has 2 aromatic carbocycles. The van der Waals surface area contributed by atoms with E-state index in [2.05, 4.69) is 11.4 Å². The molecule has 2 fully saturated rings. The summed E-state index contributed by atoms with van der Waals surface area (Å²) in [6.45, 7) is 5.14. The van der Waals surface area contributed by atoms with Crippen molar-refractivity contribution >= 4 is 46.0 Å². The van der Waals surface area contributed by atoms with Crippen LogP contribution in [0.15, 0.2) is 40.8 Å². The average molecular weight is 428 g/mol. The van der Waals surface area contributed by atoms with Gasteiger partial charge < -0.3 is 19.5 Å². The number of benzene rings is 2. The van der Waals surface area contributed by atoms with Gasteiger partial charge in [-0.05, 0) is 25.2 Å². The largest absolute Gasteiger partial charge is 0.450 e. The molecular weight excluding hydrogens is 402 g/mol. The zero-order valence-electron chi connectivity index (χ0n) is 17.0. The van der Waals surface area contributed by atoms with E-state index in [9.17, 15) is 9.59 Å². The Hall–Kier alpha value is -2.57. The van der Waals surface area contributed by atoms with Crippen molar-refractivity contribution in [3.63, 3.8) is 0 Å². The number of hydrogen-bond acceptors (Lipinski definition) is 4. The lowest BCUT2D eigenvalue weighted by atomic mass is 10.0. The maximum absolute atomic E-state index is 13.4. The highest BCUT2D eigenvalue weighted by molar-refractivity contribution is 6.08. The average Bonchev–Trinajstić information content (AvgIpc) is 3.10. The molecule has 158 valence electrons. The van der Waals surface area contributed by atoms with Gasteiger partial charge in [0.05, 0.1) is 6.54 Å². The number of carbonyl (C=O) groups excluding carboxylic acids is 2. The number of fused-ring (bicyclic) bond motifs is 3. The fourth-order valence-electron chi connectivity index (χ4n) is 4.70. The number of furan rings is 1. The summed E-state index contributed by atoms with van der Waals surface area (Å²) in [5.74, 6) is 0.473. The molecule has 1 aromatic heterocycles. The van der Waals surface area contributed by atoms with Crippen LogP contribution < -0.4 is 5.32 Å². The first-order valence-corrected chi connectivity index (χ1v) is 10.3. The Morgan fingerprint density at radius 1 is 1.13 bits per heavy atom. The first kappa shape index (κ1) is 20.7. The Morgan fingerprint density at radius 2 is 1.97 bits per heavy atom. The summed E-state index contributed by atoms with van der Waals surface area (Å²) in [5, 5.41) is 6.22. The van der Waals surface area contributed by atoms with Crippen molar-refractivity contribution in [2.45, 2.75) is 25.8 Å². The highest BCUT2D eigenvalue weighted by atomic mass is 35.5. The van der Waals surface area contributed by atoms with Crippen LogP contribution in [0, 0.1) is 6.92 Å². The monoisotopic (exact) mass is 427 g/mol. The van der Waals surface area contributed by atoms with Crippen molar-refractivity contribution in [3.05, 3.63) is 47.7 Å². The number of rotatable bonds is 2. The van der Waals surface area contributed by atoms with E-state index < -0.39 is 0 Å². The number of aryl methyl sites for hydroxylation is 1. The third kappa shape index (κ3) is 3.44. The van der Waals surface area contributed by atoms with Crippen molar-refractivity contribution in [1.82, 2.24) is 15.1 Å². The Balaban J connectivity index is 0.00000218. The molecule has 2 amide bonds. The topological polar surface area (TPSA) is 65.8 Å². The second-order valence-corrected chi connectivity index (χ2v) is 8.03. The minimum atomic E-state index is -0.0740. The van der Waals surface area contributed by atoms with Crippen LogP contribution in [0.1, 0.15) is 29.0 Å². The molecule has 0 saturated carbocycles. The van der Waals surface area contributed by atoms with Crippen molar-refractivity contribution < 1.29 is 14.0 Å². The normalized spacial score (nSPS) is 19.9. The fourth-order valence-corrected chi connectivity index (χ4v) is 4.70. The number of nitrogens with one attached hydrogen (secondary N) is 1. The van der Waals surface area contributed by atoms with Crippen LogP contribution in [0.25, 0.3) is 21.7 Å². The minimum absolute atomic E-state index is 0. The fraction of sp³-hybridized carbons (Fsp3) is 0.391. The molecule has 2 saturated heterocycles. The van der Waals surface area contributed by atoms with Crippen molar-refractivity contribution in [2.75, 3.05) is 32.7 Å². The van der Waals surface area contributed by atoms with Crippen LogP contribution in [0.2, 0.25) is 0 Å². The smallest absolute Gasteiger partial charge is 0.289 e. The first-order chi connectivity index (χ1) is 14.1. The van der Waals surface area contributed by atoms with E-state index in [1.165, 1.54) is 0 Å². The number of piperazine rings is 1. The van der Waals surface area contributed by atoms with Crippen LogP contribution >= 0.6 is 12.4 Å². The van der Waals surface area contributed by atoms with E-state index in [1.807, 2.05) is 47.1 Å². The maximum Gasteiger partial charge on any atom is 0.289 e. The summed E-state index contributed by atoms with van der Waals surface area (Å²) in [6, 6.07) is 12.3. The van der Waals surface area contributed by atoms with Crippen LogP contribution in [0.3, 0.4) is 0 Å². The second-order valence-electron chi connectivity index (χ2n) is 8.03. The standard InChI is InChI=1S/C23H25N3O3.ClH/c1-15-18-9-8-16-5-2-3-7-19(16)22(18)29-21(15)23(28)25-11-4-6-17(14-25)26-12-10-24-13-20(26)27;/h2-3,5,7-9,17,24H,4,6,10-14H2,1H3;1H. The third-order valence-electron chi connectivity index (χ3n) is 6.27. The second kappa shape index (κ2) is 8.28. The summed E-state index contributed by atoms with van der Waals surface area (Å²) >= 11 is 0. The maximum atomic E-state index is 13.4. The number of nitrogens with zero attached hydrogens (tertiary/aromatic N) is 2. The lowest BCUT2D eigenvalue weighted by molar-refractivity contribution is -0.135. The number of hydrogen-bond donors (Lipinski definition) is 1. The molecular formula is C23H26ClN3O3. The molecule has 0 aliphatic carbocycles. The molecule has 0 bridgehead atoms. The predicted octanol–water partition coefficient (Wildman–Crippen LogP) is 3.35. The van der Waals surface area contributed by atoms with Crippen molar-refractivity contribution in [2.24, 2.45) is 0 Å². The molecule has 30 heavy (non-hydrogen) atoms. The predicted molar refractivity (Wildman–Crippen MR) is 119 cm³/mol. The summed E-state index contributed by atoms with van der Waals surface area (Å²) in [5.41, 5.74) is 1.66. The van der Waals surface area contributed by atoms with Gasteiger partial charge in [0, 0.05) is 48.6 Å². The summed E-state index contributed by atoms with van der Waals surface area (Å²) in [7, 11) is 0. The van der Waals surface area contributed by atoms with Crippen LogP contribution in [0.5, 0.6) is 0 Å². The Labute approximate surface area is 181 Å².